The van der Waals surface area contributed by atoms with Crippen molar-refractivity contribution in [1.29, 1.82) is 0 Å². The number of hydrogen-bond donors (Lipinski definition) is 2. The summed E-state index contributed by atoms with van der Waals surface area (Å²) in [7, 11) is 0. The highest BCUT2D eigenvalue weighted by atomic mass is 16.3. The van der Waals surface area contributed by atoms with Crippen LogP contribution in [0.1, 0.15) is 43.2 Å². The third-order valence-electron chi connectivity index (χ3n) is 5.17. The van der Waals surface area contributed by atoms with E-state index in [4.69, 9.17) is 0 Å². The average Bonchev–Trinajstić information content (AvgIpc) is 2.46. The van der Waals surface area contributed by atoms with E-state index in [0.29, 0.717) is 5.92 Å². The Balaban J connectivity index is 1.82. The van der Waals surface area contributed by atoms with E-state index in [1.807, 2.05) is 0 Å². The first-order valence-corrected chi connectivity index (χ1v) is 7.80. The van der Waals surface area contributed by atoms with Gasteiger partial charge in [0.05, 0.1) is 12.2 Å². The molecule has 1 aliphatic heterocycles. The van der Waals surface area contributed by atoms with Crippen molar-refractivity contribution in [3.8, 4) is 0 Å². The van der Waals surface area contributed by atoms with Crippen molar-refractivity contribution in [2.45, 2.75) is 51.2 Å². The van der Waals surface area contributed by atoms with Gasteiger partial charge < -0.3 is 15.1 Å². The number of fused-ring (bicyclic) bond motifs is 1. The highest BCUT2D eigenvalue weighted by Crippen LogP contribution is 2.41. The lowest BCUT2D eigenvalue weighted by Gasteiger charge is -2.48. The minimum Gasteiger partial charge on any atom is -0.392 e. The van der Waals surface area contributed by atoms with Crippen LogP contribution in [0.5, 0.6) is 0 Å². The van der Waals surface area contributed by atoms with E-state index in [-0.39, 0.29) is 6.61 Å². The first-order chi connectivity index (χ1) is 9.62. The molecule has 1 heterocycles. The van der Waals surface area contributed by atoms with E-state index in [1.165, 1.54) is 18.4 Å². The van der Waals surface area contributed by atoms with E-state index in [9.17, 15) is 10.2 Å². The number of hydrogen-bond acceptors (Lipinski definition) is 3. The quantitative estimate of drug-likeness (QED) is 0.872. The summed E-state index contributed by atoms with van der Waals surface area (Å²) in [4.78, 5) is 2.36. The highest BCUT2D eigenvalue weighted by molar-refractivity contribution is 5.55. The molecule has 2 fully saturated rings. The van der Waals surface area contributed by atoms with Gasteiger partial charge in [0.2, 0.25) is 0 Å². The van der Waals surface area contributed by atoms with Crippen LogP contribution in [0.2, 0.25) is 0 Å². The molecule has 0 spiro atoms. The fraction of sp³-hybridized carbons (Fsp3) is 0.647. The van der Waals surface area contributed by atoms with Gasteiger partial charge in [0, 0.05) is 30.3 Å². The molecule has 110 valence electrons. The molecule has 1 aliphatic carbocycles. The Kier molecular flexibility index (Phi) is 3.74. The number of aliphatic hydroxyl groups excluding tert-OH is 1. The highest BCUT2D eigenvalue weighted by Gasteiger charge is 2.42. The topological polar surface area (TPSA) is 43.7 Å². The summed E-state index contributed by atoms with van der Waals surface area (Å²) in [5.41, 5.74) is 2.90. The second-order valence-corrected chi connectivity index (χ2v) is 6.53. The molecule has 0 aromatic heterocycles. The summed E-state index contributed by atoms with van der Waals surface area (Å²) in [5, 5.41) is 20.3. The number of nitrogens with zero attached hydrogens (tertiary/aromatic N) is 1. The zero-order valence-corrected chi connectivity index (χ0v) is 12.3. The van der Waals surface area contributed by atoms with E-state index < -0.39 is 5.60 Å². The minimum atomic E-state index is -0.432. The van der Waals surface area contributed by atoms with Gasteiger partial charge in [-0.3, -0.25) is 0 Å². The monoisotopic (exact) mass is 275 g/mol. The molecule has 2 atom stereocenters. The van der Waals surface area contributed by atoms with Crippen LogP contribution in [0, 0.1) is 12.8 Å². The van der Waals surface area contributed by atoms with Crippen molar-refractivity contribution in [2.75, 3.05) is 18.0 Å². The van der Waals surface area contributed by atoms with Gasteiger partial charge in [-0.2, -0.15) is 0 Å². The van der Waals surface area contributed by atoms with Crippen LogP contribution in [0.25, 0.3) is 0 Å². The summed E-state index contributed by atoms with van der Waals surface area (Å²) in [5.74, 6) is 0.387. The van der Waals surface area contributed by atoms with Crippen LogP contribution >= 0.6 is 0 Å². The van der Waals surface area contributed by atoms with Crippen LogP contribution in [-0.4, -0.2) is 28.9 Å². The van der Waals surface area contributed by atoms with Gasteiger partial charge in [-0.05, 0) is 32.3 Å². The number of aryl methyl sites for hydroxylation is 1. The third-order valence-corrected chi connectivity index (χ3v) is 5.17. The van der Waals surface area contributed by atoms with Gasteiger partial charge in [-0.1, -0.05) is 30.5 Å². The summed E-state index contributed by atoms with van der Waals surface area (Å²) in [6, 6.07) is 6.29. The molecule has 3 rings (SSSR count). The zero-order valence-electron chi connectivity index (χ0n) is 12.3. The Labute approximate surface area is 121 Å². The lowest BCUT2D eigenvalue weighted by molar-refractivity contribution is -0.0612. The van der Waals surface area contributed by atoms with Crippen molar-refractivity contribution in [1.82, 2.24) is 0 Å². The normalized spacial score (nSPS) is 30.1. The van der Waals surface area contributed by atoms with Crippen molar-refractivity contribution in [3.05, 3.63) is 29.3 Å². The zero-order chi connectivity index (χ0) is 14.2. The predicted octanol–water partition coefficient (Wildman–Crippen LogP) is 2.62. The van der Waals surface area contributed by atoms with Crippen LogP contribution in [0.3, 0.4) is 0 Å². The van der Waals surface area contributed by atoms with E-state index >= 15 is 0 Å². The van der Waals surface area contributed by atoms with Crippen molar-refractivity contribution in [2.24, 2.45) is 5.92 Å². The Bertz CT molecular complexity index is 488. The van der Waals surface area contributed by atoms with Crippen LogP contribution in [0.15, 0.2) is 18.2 Å². The fourth-order valence-electron chi connectivity index (χ4n) is 3.94. The number of anilines is 1. The Morgan fingerprint density at radius 2 is 2.15 bits per heavy atom. The van der Waals surface area contributed by atoms with Crippen LogP contribution in [0.4, 0.5) is 5.69 Å². The predicted molar refractivity (Wildman–Crippen MR) is 80.8 cm³/mol. The first-order valence-electron chi connectivity index (χ1n) is 7.80. The lowest BCUT2D eigenvalue weighted by atomic mass is 9.71. The lowest BCUT2D eigenvalue weighted by Crippen LogP contribution is -2.53. The molecule has 3 heteroatoms. The molecule has 1 saturated heterocycles. The molecule has 0 radical (unpaired) electrons. The smallest absolute Gasteiger partial charge is 0.0709 e. The molecular weight excluding hydrogens is 250 g/mol. The number of benzene rings is 1. The van der Waals surface area contributed by atoms with E-state index in [2.05, 4.69) is 30.0 Å². The van der Waals surface area contributed by atoms with Gasteiger partial charge in [-0.25, -0.2) is 0 Å². The maximum atomic E-state index is 10.8. The molecule has 3 nitrogen and oxygen atoms in total. The summed E-state index contributed by atoms with van der Waals surface area (Å²) in [6.45, 7) is 3.96. The Morgan fingerprint density at radius 3 is 2.95 bits per heavy atom. The molecule has 1 aromatic rings. The molecule has 2 N–H and O–H groups in total. The Morgan fingerprint density at radius 1 is 1.30 bits per heavy atom. The van der Waals surface area contributed by atoms with Crippen molar-refractivity contribution in [3.63, 3.8) is 0 Å². The molecule has 2 unspecified atom stereocenters. The molecule has 20 heavy (non-hydrogen) atoms. The second-order valence-electron chi connectivity index (χ2n) is 6.53. The largest absolute Gasteiger partial charge is 0.392 e. The molecule has 0 bridgehead atoms. The number of piperidine rings is 1. The average molecular weight is 275 g/mol. The van der Waals surface area contributed by atoms with Crippen LogP contribution in [-0.2, 0) is 6.61 Å². The Hall–Kier alpha value is -1.06. The van der Waals surface area contributed by atoms with Gasteiger partial charge in [-0.15, -0.1) is 0 Å². The SMILES string of the molecule is Cc1ccc(N2CCC3(O)CCCCC3C2)c(CO)c1. The third kappa shape index (κ3) is 2.45. The fourth-order valence-corrected chi connectivity index (χ4v) is 3.94. The number of aliphatic hydroxyl groups is 2. The maximum absolute atomic E-state index is 10.8. The maximum Gasteiger partial charge on any atom is 0.0709 e. The standard InChI is InChI=1S/C17H25NO2/c1-13-5-6-16(14(10-13)12-19)18-9-8-17(20)7-3-2-4-15(17)11-18/h5-6,10,15,19-20H,2-4,7-9,11-12H2,1H3. The molecule has 1 aromatic carbocycles. The van der Waals surface area contributed by atoms with Crippen LogP contribution < -0.4 is 4.90 Å². The second kappa shape index (κ2) is 5.38. The molecular formula is C17H25NO2. The number of rotatable bonds is 2. The van der Waals surface area contributed by atoms with Gasteiger partial charge in [0.1, 0.15) is 0 Å². The van der Waals surface area contributed by atoms with Crippen molar-refractivity contribution >= 4 is 5.69 Å². The van der Waals surface area contributed by atoms with Gasteiger partial charge in [0.25, 0.3) is 0 Å². The van der Waals surface area contributed by atoms with Gasteiger partial charge >= 0.3 is 0 Å². The first kappa shape index (κ1) is 13.9. The molecule has 1 saturated carbocycles. The van der Waals surface area contributed by atoms with E-state index in [0.717, 1.165) is 43.6 Å². The van der Waals surface area contributed by atoms with Gasteiger partial charge in [0.15, 0.2) is 0 Å². The summed E-state index contributed by atoms with van der Waals surface area (Å²) in [6.07, 6.45) is 5.36. The molecule has 0 amide bonds. The summed E-state index contributed by atoms with van der Waals surface area (Å²) < 4.78 is 0. The minimum absolute atomic E-state index is 0.0858. The molecule has 2 aliphatic rings. The van der Waals surface area contributed by atoms with E-state index in [1.54, 1.807) is 0 Å². The summed E-state index contributed by atoms with van der Waals surface area (Å²) >= 11 is 0. The van der Waals surface area contributed by atoms with Crippen molar-refractivity contribution < 1.29 is 10.2 Å².